The zero-order valence-electron chi connectivity index (χ0n) is 12.7. The lowest BCUT2D eigenvalue weighted by atomic mass is 9.93. The Kier molecular flexibility index (Phi) is 6.04. The second-order valence-electron chi connectivity index (χ2n) is 5.07. The Morgan fingerprint density at radius 3 is 1.82 bits per heavy atom. The lowest BCUT2D eigenvalue weighted by Gasteiger charge is -2.04. The Bertz CT molecular complexity index is 708. The molecule has 1 unspecified atom stereocenters. The highest BCUT2D eigenvalue weighted by atomic mass is 31.0. The molecule has 0 heterocycles. The van der Waals surface area contributed by atoms with Crippen molar-refractivity contribution < 1.29 is 0 Å². The van der Waals surface area contributed by atoms with Crippen LogP contribution in [0.25, 0.3) is 11.1 Å². The van der Waals surface area contributed by atoms with Gasteiger partial charge in [0, 0.05) is 0 Å². The predicted octanol–water partition coefficient (Wildman–Crippen LogP) is 3.15. The lowest BCUT2D eigenvalue weighted by molar-refractivity contribution is 1.58. The van der Waals surface area contributed by atoms with Crippen LogP contribution in [0.2, 0.25) is 0 Å². The maximum absolute atomic E-state index is 5.75. The molecule has 0 aliphatic carbocycles. The minimum absolute atomic E-state index is 0.770. The molecule has 2 aromatic carbocycles. The van der Waals surface area contributed by atoms with E-state index in [0.29, 0.717) is 0 Å². The molecule has 0 N–H and O–H groups in total. The molecule has 2 rings (SSSR count). The third kappa shape index (κ3) is 4.61. The minimum atomic E-state index is 0.770. The van der Waals surface area contributed by atoms with Crippen molar-refractivity contribution in [3.05, 3.63) is 83.7 Å². The zero-order valence-corrected chi connectivity index (χ0v) is 13.8. The van der Waals surface area contributed by atoms with E-state index >= 15 is 0 Å². The summed E-state index contributed by atoms with van der Waals surface area (Å²) in [5.41, 5.74) is 6.16. The average molecular weight is 298 g/mol. The molecule has 0 amide bonds. The molecule has 3 heteroatoms. The van der Waals surface area contributed by atoms with Crippen LogP contribution in [0.15, 0.2) is 72.6 Å². The summed E-state index contributed by atoms with van der Waals surface area (Å²) < 4.78 is 0. The number of hydrogen-bond acceptors (Lipinski definition) is 0. The second-order valence-corrected chi connectivity index (χ2v) is 5.46. The monoisotopic (exact) mass is 298 g/mol. The molecule has 0 aliphatic heterocycles. The van der Waals surface area contributed by atoms with Crippen LogP contribution in [0.4, 0.5) is 0 Å². The van der Waals surface area contributed by atoms with Crippen LogP contribution in [0.3, 0.4) is 0 Å². The van der Waals surface area contributed by atoms with E-state index in [1.54, 1.807) is 0 Å². The maximum Gasteiger partial charge on any atom is 0.113 e. The minimum Gasteiger partial charge on any atom is -0.114 e. The first-order chi connectivity index (χ1) is 10.6. The van der Waals surface area contributed by atoms with Crippen LogP contribution < -0.4 is 10.9 Å². The van der Waals surface area contributed by atoms with Crippen molar-refractivity contribution in [1.29, 1.82) is 0 Å². The Labute approximate surface area is 138 Å². The van der Waals surface area contributed by atoms with Crippen molar-refractivity contribution in [1.82, 2.24) is 0 Å². The molecule has 2 aromatic rings. The highest BCUT2D eigenvalue weighted by Gasteiger charge is 1.98. The molecule has 0 nitrogen and oxygen atoms in total. The molecule has 104 valence electrons. The highest BCUT2D eigenvalue weighted by molar-refractivity contribution is 7.20. The summed E-state index contributed by atoms with van der Waals surface area (Å²) in [4.78, 5) is 0. The van der Waals surface area contributed by atoms with E-state index < -0.39 is 0 Å². The molecule has 0 aromatic heterocycles. The third-order valence-electron chi connectivity index (χ3n) is 3.40. The van der Waals surface area contributed by atoms with E-state index in [2.05, 4.69) is 34.4 Å². The van der Waals surface area contributed by atoms with Crippen molar-refractivity contribution in [2.75, 3.05) is 0 Å². The first-order valence-electron chi connectivity index (χ1n) is 7.09. The smallest absolute Gasteiger partial charge is 0.113 e. The van der Waals surface area contributed by atoms with Crippen molar-refractivity contribution in [2.24, 2.45) is 0 Å². The fourth-order valence-electron chi connectivity index (χ4n) is 2.08. The molecular formula is C19H17B2P. The van der Waals surface area contributed by atoms with Crippen LogP contribution >= 0.6 is 9.24 Å². The molecule has 0 saturated heterocycles. The molecule has 4 radical (unpaired) electrons. The van der Waals surface area contributed by atoms with Gasteiger partial charge in [0.1, 0.15) is 15.7 Å². The molecule has 22 heavy (non-hydrogen) atoms. The van der Waals surface area contributed by atoms with Crippen LogP contribution in [0, 0.1) is 0 Å². The van der Waals surface area contributed by atoms with E-state index in [9.17, 15) is 0 Å². The highest BCUT2D eigenvalue weighted by Crippen LogP contribution is 2.18. The Balaban J connectivity index is 2.31. The van der Waals surface area contributed by atoms with Gasteiger partial charge < -0.3 is 0 Å². The van der Waals surface area contributed by atoms with Gasteiger partial charge >= 0.3 is 0 Å². The number of rotatable bonds is 4. The van der Waals surface area contributed by atoms with Crippen molar-refractivity contribution in [3.63, 3.8) is 0 Å². The van der Waals surface area contributed by atoms with Crippen molar-refractivity contribution >= 4 is 47.0 Å². The van der Waals surface area contributed by atoms with Gasteiger partial charge in [-0.1, -0.05) is 83.5 Å². The molecule has 0 spiro atoms. The van der Waals surface area contributed by atoms with Gasteiger partial charge in [0.15, 0.2) is 0 Å². The van der Waals surface area contributed by atoms with Gasteiger partial charge in [0.25, 0.3) is 0 Å². The topological polar surface area (TPSA) is 0 Å². The summed E-state index contributed by atoms with van der Waals surface area (Å²) in [6.45, 7) is 2.09. The molecule has 0 bridgehead atoms. The molecule has 0 aliphatic rings. The summed E-state index contributed by atoms with van der Waals surface area (Å²) in [6, 6.07) is 15.8. The summed E-state index contributed by atoms with van der Waals surface area (Å²) in [6.07, 6.45) is 6.28. The predicted molar refractivity (Wildman–Crippen MR) is 104 cm³/mol. The first-order valence-corrected chi connectivity index (χ1v) is 7.75. The molecule has 1 atom stereocenters. The quantitative estimate of drug-likeness (QED) is 0.462. The van der Waals surface area contributed by atoms with Gasteiger partial charge in [0.05, 0.1) is 0 Å². The van der Waals surface area contributed by atoms with Gasteiger partial charge in [-0.15, -0.1) is 9.24 Å². The van der Waals surface area contributed by atoms with E-state index in [4.69, 9.17) is 15.7 Å². The van der Waals surface area contributed by atoms with Crippen molar-refractivity contribution in [3.8, 4) is 0 Å². The Morgan fingerprint density at radius 2 is 1.32 bits per heavy atom. The van der Waals surface area contributed by atoms with E-state index in [1.165, 1.54) is 5.57 Å². The molecule has 0 saturated carbocycles. The van der Waals surface area contributed by atoms with Crippen LogP contribution in [0.5, 0.6) is 0 Å². The average Bonchev–Trinajstić information content (AvgIpc) is 2.53. The summed E-state index contributed by atoms with van der Waals surface area (Å²) in [5, 5.41) is 0. The second kappa shape index (κ2) is 8.01. The maximum atomic E-state index is 5.75. The van der Waals surface area contributed by atoms with Gasteiger partial charge in [0.2, 0.25) is 0 Å². The summed E-state index contributed by atoms with van der Waals surface area (Å²) >= 11 is 0. The van der Waals surface area contributed by atoms with E-state index in [-0.39, 0.29) is 0 Å². The fourth-order valence-corrected chi connectivity index (χ4v) is 2.29. The van der Waals surface area contributed by atoms with Gasteiger partial charge in [-0.3, -0.25) is 0 Å². The standard InChI is InChI=1S/C19H17B2P/c1-14(15-4-8-18(20)9-5-15)2-3-17(12-13-22)16-6-10-19(21)11-7-16/h2-13H,22H2,1H3/b13-12+,14-2+,17-3+. The van der Waals surface area contributed by atoms with Crippen LogP contribution in [-0.4, -0.2) is 15.7 Å². The summed E-state index contributed by atoms with van der Waals surface area (Å²) in [7, 11) is 14.1. The van der Waals surface area contributed by atoms with E-state index in [0.717, 1.165) is 27.6 Å². The zero-order chi connectivity index (χ0) is 15.9. The van der Waals surface area contributed by atoms with E-state index in [1.807, 2.05) is 54.3 Å². The Morgan fingerprint density at radius 1 is 0.818 bits per heavy atom. The number of benzene rings is 2. The molecular weight excluding hydrogens is 281 g/mol. The normalized spacial score (nSPS) is 12.8. The number of hydrogen-bond donors (Lipinski definition) is 0. The number of allylic oxidation sites excluding steroid dienone is 5. The fraction of sp³-hybridized carbons (Fsp3) is 0.0526. The van der Waals surface area contributed by atoms with Gasteiger partial charge in [-0.25, -0.2) is 0 Å². The SMILES string of the molecule is [B]c1ccc(/C(C)=C/C=C(\C=C\P)c2ccc([B])cc2)cc1. The summed E-state index contributed by atoms with van der Waals surface area (Å²) in [5.74, 6) is 1.95. The van der Waals surface area contributed by atoms with Gasteiger partial charge in [-0.05, 0) is 29.2 Å². The lowest BCUT2D eigenvalue weighted by Crippen LogP contribution is -2.00. The first kappa shape index (κ1) is 16.6. The third-order valence-corrected chi connectivity index (χ3v) is 3.59. The Hall–Kier alpha value is -1.78. The van der Waals surface area contributed by atoms with Crippen LogP contribution in [-0.2, 0) is 0 Å². The molecule has 0 fully saturated rings. The largest absolute Gasteiger partial charge is 0.114 e. The van der Waals surface area contributed by atoms with Crippen molar-refractivity contribution in [2.45, 2.75) is 6.92 Å². The van der Waals surface area contributed by atoms with Crippen LogP contribution in [0.1, 0.15) is 18.1 Å². The van der Waals surface area contributed by atoms with Gasteiger partial charge in [-0.2, -0.15) is 0 Å².